The summed E-state index contributed by atoms with van der Waals surface area (Å²) in [4.78, 5) is 15.2. The third kappa shape index (κ3) is 6.19. The smallest absolute Gasteiger partial charge is 0.294 e. The van der Waals surface area contributed by atoms with E-state index >= 15 is 0 Å². The van der Waals surface area contributed by atoms with E-state index in [0.717, 1.165) is 30.4 Å². The number of methoxy groups -OCH3 is 1. The third-order valence-corrected chi connectivity index (χ3v) is 4.61. The van der Waals surface area contributed by atoms with E-state index in [2.05, 4.69) is 18.8 Å². The quantitative estimate of drug-likeness (QED) is 0.473. The van der Waals surface area contributed by atoms with Crippen molar-refractivity contribution in [3.63, 3.8) is 0 Å². The molecular weight excluding hydrogens is 342 g/mol. The zero-order chi connectivity index (χ0) is 19.5. The lowest BCUT2D eigenvalue weighted by Gasteiger charge is -2.14. The summed E-state index contributed by atoms with van der Waals surface area (Å²) in [6, 6.07) is 5.71. The molecule has 1 N–H and O–H groups in total. The molecule has 0 aliphatic carbocycles. The first-order valence-electron chi connectivity index (χ1n) is 10.2. The lowest BCUT2D eigenvalue weighted by Crippen LogP contribution is -2.12. The number of pyridine rings is 1. The second kappa shape index (κ2) is 11.5. The van der Waals surface area contributed by atoms with Gasteiger partial charge in [0.2, 0.25) is 5.75 Å². The summed E-state index contributed by atoms with van der Waals surface area (Å²) in [5.41, 5.74) is 0.420. The van der Waals surface area contributed by atoms with Gasteiger partial charge >= 0.3 is 0 Å². The lowest BCUT2D eigenvalue weighted by atomic mass is 10.1. The number of unbranched alkanes of at least 4 members (excludes halogenated alkanes) is 6. The van der Waals surface area contributed by atoms with Crippen LogP contribution in [0.15, 0.2) is 23.0 Å². The van der Waals surface area contributed by atoms with Gasteiger partial charge in [0, 0.05) is 11.5 Å². The molecule has 0 radical (unpaired) electrons. The van der Waals surface area contributed by atoms with Gasteiger partial charge in [-0.1, -0.05) is 52.4 Å². The maximum Gasteiger partial charge on any atom is 0.294 e. The minimum atomic E-state index is -0.284. The Morgan fingerprint density at radius 2 is 1.52 bits per heavy atom. The van der Waals surface area contributed by atoms with Gasteiger partial charge in [0.05, 0.1) is 25.8 Å². The van der Waals surface area contributed by atoms with Gasteiger partial charge in [0.1, 0.15) is 5.75 Å². The molecule has 1 aromatic heterocycles. The number of H-pyrrole nitrogens is 1. The van der Waals surface area contributed by atoms with E-state index in [1.165, 1.54) is 39.2 Å². The highest BCUT2D eigenvalue weighted by Gasteiger charge is 2.15. The van der Waals surface area contributed by atoms with Crippen molar-refractivity contribution < 1.29 is 14.2 Å². The molecule has 5 heteroatoms. The Kier molecular flexibility index (Phi) is 9.02. The molecule has 5 nitrogen and oxygen atoms in total. The molecule has 150 valence electrons. The SMILES string of the molecule is CCCCCCOc1ccc2c(OCCCCCC)c(OC)c(=O)[nH]c2c1. The second-order valence-electron chi connectivity index (χ2n) is 6.84. The van der Waals surface area contributed by atoms with E-state index in [1.54, 1.807) is 0 Å². The van der Waals surface area contributed by atoms with Crippen molar-refractivity contribution in [3.8, 4) is 17.2 Å². The zero-order valence-electron chi connectivity index (χ0n) is 16.9. The molecule has 2 rings (SSSR count). The predicted octanol–water partition coefficient (Wildman–Crippen LogP) is 5.45. The summed E-state index contributed by atoms with van der Waals surface area (Å²) in [5.74, 6) is 1.50. The van der Waals surface area contributed by atoms with Crippen molar-refractivity contribution >= 4 is 10.9 Å². The first kappa shape index (κ1) is 21.1. The van der Waals surface area contributed by atoms with Gasteiger partial charge in [0.15, 0.2) is 5.75 Å². The monoisotopic (exact) mass is 375 g/mol. The van der Waals surface area contributed by atoms with Crippen LogP contribution < -0.4 is 19.8 Å². The van der Waals surface area contributed by atoms with Crippen LogP contribution in [0.2, 0.25) is 0 Å². The molecule has 2 aromatic rings. The van der Waals surface area contributed by atoms with Gasteiger partial charge in [-0.05, 0) is 25.0 Å². The number of hydrogen-bond acceptors (Lipinski definition) is 4. The number of benzene rings is 1. The number of nitrogens with one attached hydrogen (secondary N) is 1. The van der Waals surface area contributed by atoms with E-state index < -0.39 is 0 Å². The van der Waals surface area contributed by atoms with Crippen molar-refractivity contribution in [1.29, 1.82) is 0 Å². The molecule has 0 saturated carbocycles. The van der Waals surface area contributed by atoms with Gasteiger partial charge < -0.3 is 19.2 Å². The second-order valence-corrected chi connectivity index (χ2v) is 6.84. The number of rotatable bonds is 13. The summed E-state index contributed by atoms with van der Waals surface area (Å²) < 4.78 is 17.1. The lowest BCUT2D eigenvalue weighted by molar-refractivity contribution is 0.286. The summed E-state index contributed by atoms with van der Waals surface area (Å²) >= 11 is 0. The summed E-state index contributed by atoms with van der Waals surface area (Å²) in [7, 11) is 1.49. The van der Waals surface area contributed by atoms with Gasteiger partial charge in [-0.2, -0.15) is 0 Å². The number of aromatic amines is 1. The van der Waals surface area contributed by atoms with Crippen LogP contribution in [0.4, 0.5) is 0 Å². The minimum absolute atomic E-state index is 0.228. The van der Waals surface area contributed by atoms with Crippen LogP contribution in [-0.4, -0.2) is 25.3 Å². The average Bonchev–Trinajstić information content (AvgIpc) is 2.67. The Hall–Kier alpha value is -2.17. The van der Waals surface area contributed by atoms with Crippen LogP contribution in [0.1, 0.15) is 65.2 Å². The summed E-state index contributed by atoms with van der Waals surface area (Å²) in [6.45, 7) is 5.63. The summed E-state index contributed by atoms with van der Waals surface area (Å²) in [6.07, 6.45) is 9.10. The van der Waals surface area contributed by atoms with E-state index in [-0.39, 0.29) is 11.3 Å². The van der Waals surface area contributed by atoms with Gasteiger partial charge in [-0.3, -0.25) is 4.79 Å². The average molecular weight is 376 g/mol. The Labute approximate surface area is 162 Å². The van der Waals surface area contributed by atoms with Crippen LogP contribution in [0.25, 0.3) is 10.9 Å². The van der Waals surface area contributed by atoms with Crippen molar-refractivity contribution in [2.45, 2.75) is 65.2 Å². The Bertz CT molecular complexity index is 754. The number of hydrogen-bond donors (Lipinski definition) is 1. The van der Waals surface area contributed by atoms with Gasteiger partial charge in [0.25, 0.3) is 5.56 Å². The standard InChI is InChI=1S/C22H33NO4/c1-4-6-8-10-14-26-17-12-13-18-19(16-17)23-22(24)21(25-3)20(18)27-15-11-9-7-5-2/h12-13,16H,4-11,14-15H2,1-3H3,(H,23,24). The van der Waals surface area contributed by atoms with E-state index in [9.17, 15) is 4.79 Å². The van der Waals surface area contributed by atoms with Crippen molar-refractivity contribution in [1.82, 2.24) is 4.98 Å². The van der Waals surface area contributed by atoms with Crippen molar-refractivity contribution in [2.75, 3.05) is 20.3 Å². The van der Waals surface area contributed by atoms with Gasteiger partial charge in [-0.15, -0.1) is 0 Å². The highest BCUT2D eigenvalue weighted by Crippen LogP contribution is 2.33. The zero-order valence-corrected chi connectivity index (χ0v) is 16.9. The summed E-state index contributed by atoms with van der Waals surface area (Å²) in [5, 5.41) is 0.834. The van der Waals surface area contributed by atoms with Gasteiger partial charge in [-0.25, -0.2) is 0 Å². The highest BCUT2D eigenvalue weighted by molar-refractivity contribution is 5.88. The molecule has 0 aliphatic rings. The molecular formula is C22H33NO4. The predicted molar refractivity (Wildman–Crippen MR) is 110 cm³/mol. The molecule has 0 saturated heterocycles. The third-order valence-electron chi connectivity index (χ3n) is 4.61. The molecule has 0 spiro atoms. The Morgan fingerprint density at radius 1 is 0.852 bits per heavy atom. The van der Waals surface area contributed by atoms with Crippen LogP contribution in [0.5, 0.6) is 17.2 Å². The largest absolute Gasteiger partial charge is 0.494 e. The molecule has 0 atom stereocenters. The molecule has 27 heavy (non-hydrogen) atoms. The van der Waals surface area contributed by atoms with E-state index in [0.29, 0.717) is 24.5 Å². The normalized spacial score (nSPS) is 10.9. The fraction of sp³-hybridized carbons (Fsp3) is 0.591. The van der Waals surface area contributed by atoms with E-state index in [1.807, 2.05) is 18.2 Å². The first-order valence-corrected chi connectivity index (χ1v) is 10.2. The molecule has 1 aromatic carbocycles. The number of fused-ring (bicyclic) bond motifs is 1. The van der Waals surface area contributed by atoms with Crippen LogP contribution in [-0.2, 0) is 0 Å². The first-order chi connectivity index (χ1) is 13.2. The molecule has 0 bridgehead atoms. The highest BCUT2D eigenvalue weighted by atomic mass is 16.5. The Morgan fingerprint density at radius 3 is 2.15 bits per heavy atom. The topological polar surface area (TPSA) is 60.6 Å². The number of aromatic nitrogens is 1. The minimum Gasteiger partial charge on any atom is -0.494 e. The van der Waals surface area contributed by atoms with Crippen LogP contribution in [0, 0.1) is 0 Å². The maximum absolute atomic E-state index is 12.4. The van der Waals surface area contributed by atoms with E-state index in [4.69, 9.17) is 14.2 Å². The molecule has 0 unspecified atom stereocenters. The molecule has 0 fully saturated rings. The fourth-order valence-corrected chi connectivity index (χ4v) is 3.07. The molecule has 0 amide bonds. The fourth-order valence-electron chi connectivity index (χ4n) is 3.07. The molecule has 1 heterocycles. The van der Waals surface area contributed by atoms with Crippen LogP contribution in [0.3, 0.4) is 0 Å². The number of ether oxygens (including phenoxy) is 3. The van der Waals surface area contributed by atoms with Crippen LogP contribution >= 0.6 is 0 Å². The Balaban J connectivity index is 2.14. The maximum atomic E-state index is 12.4. The molecule has 0 aliphatic heterocycles. The van der Waals surface area contributed by atoms with Crippen molar-refractivity contribution in [2.24, 2.45) is 0 Å². The van der Waals surface area contributed by atoms with Crippen molar-refractivity contribution in [3.05, 3.63) is 28.6 Å².